The fourth-order valence-corrected chi connectivity index (χ4v) is 3.93. The zero-order chi connectivity index (χ0) is 21.7. The Morgan fingerprint density at radius 2 is 2.10 bits per heavy atom. The molecule has 10 heteroatoms. The highest BCUT2D eigenvalue weighted by Gasteiger charge is 2.36. The van der Waals surface area contributed by atoms with Crippen LogP contribution in [0.1, 0.15) is 29.3 Å². The monoisotopic (exact) mass is 444 g/mol. The summed E-state index contributed by atoms with van der Waals surface area (Å²) in [7, 11) is 1.30. The van der Waals surface area contributed by atoms with E-state index in [0.717, 1.165) is 12.0 Å². The number of carbonyl (C=O) groups excluding carboxylic acids is 1. The van der Waals surface area contributed by atoms with Crippen molar-refractivity contribution in [3.8, 4) is 5.75 Å². The molecule has 3 rings (SSSR count). The van der Waals surface area contributed by atoms with Gasteiger partial charge in [-0.15, -0.1) is 11.3 Å². The van der Waals surface area contributed by atoms with Crippen LogP contribution in [0.25, 0.3) is 0 Å². The Balaban J connectivity index is 1.55. The number of alkyl halides is 3. The van der Waals surface area contributed by atoms with Gasteiger partial charge in [0.05, 0.1) is 19.4 Å². The number of methoxy groups -OCH3 is 1. The smallest absolute Gasteiger partial charge is 0.443 e. The van der Waals surface area contributed by atoms with Gasteiger partial charge in [-0.25, -0.2) is 9.78 Å². The number of rotatable bonds is 7. The zero-order valence-corrected chi connectivity index (χ0v) is 17.5. The number of hydrogen-bond donors (Lipinski definition) is 0. The molecule has 1 aliphatic heterocycles. The molecule has 2 atom stereocenters. The lowest BCUT2D eigenvalue weighted by Gasteiger charge is -2.36. The minimum Gasteiger partial charge on any atom is -0.482 e. The average Bonchev–Trinajstić information content (AvgIpc) is 3.24. The summed E-state index contributed by atoms with van der Waals surface area (Å²) in [4.78, 5) is 17.1. The van der Waals surface area contributed by atoms with E-state index in [-0.39, 0.29) is 12.6 Å². The Morgan fingerprint density at radius 1 is 1.37 bits per heavy atom. The minimum absolute atomic E-state index is 0.145. The van der Waals surface area contributed by atoms with Crippen LogP contribution in [0.3, 0.4) is 0 Å². The predicted octanol–water partition coefficient (Wildman–Crippen LogP) is 3.72. The van der Waals surface area contributed by atoms with E-state index >= 15 is 0 Å². The van der Waals surface area contributed by atoms with Gasteiger partial charge in [-0.05, 0) is 31.0 Å². The highest BCUT2D eigenvalue weighted by Crippen LogP contribution is 2.34. The van der Waals surface area contributed by atoms with Gasteiger partial charge >= 0.3 is 12.1 Å². The maximum Gasteiger partial charge on any atom is 0.443 e. The minimum atomic E-state index is -4.43. The van der Waals surface area contributed by atoms with Crippen molar-refractivity contribution < 1.29 is 32.2 Å². The van der Waals surface area contributed by atoms with Crippen molar-refractivity contribution in [3.63, 3.8) is 0 Å². The number of carbonyl (C=O) groups is 1. The molecule has 1 aliphatic rings. The number of halogens is 3. The van der Waals surface area contributed by atoms with Gasteiger partial charge in [-0.1, -0.05) is 12.1 Å². The number of nitrogens with zero attached hydrogens (tertiary/aromatic N) is 2. The first-order valence-corrected chi connectivity index (χ1v) is 10.3. The second kappa shape index (κ2) is 9.76. The van der Waals surface area contributed by atoms with Gasteiger partial charge in [0.1, 0.15) is 11.9 Å². The van der Waals surface area contributed by atoms with E-state index in [2.05, 4.69) is 21.5 Å². The molecule has 2 heterocycles. The molecule has 0 aliphatic carbocycles. The van der Waals surface area contributed by atoms with Crippen molar-refractivity contribution in [1.29, 1.82) is 0 Å². The van der Waals surface area contributed by atoms with E-state index in [9.17, 15) is 18.0 Å². The first kappa shape index (κ1) is 22.5. The van der Waals surface area contributed by atoms with Crippen LogP contribution in [0, 0.1) is 0 Å². The first-order valence-electron chi connectivity index (χ1n) is 9.43. The summed E-state index contributed by atoms with van der Waals surface area (Å²) in [6.07, 6.45) is -4.14. The molecule has 1 saturated heterocycles. The van der Waals surface area contributed by atoms with Crippen molar-refractivity contribution in [3.05, 3.63) is 45.9 Å². The molecule has 1 aromatic carbocycles. The number of hydrogen-bond acceptors (Lipinski definition) is 7. The van der Waals surface area contributed by atoms with Crippen molar-refractivity contribution in [2.45, 2.75) is 31.7 Å². The van der Waals surface area contributed by atoms with E-state index in [1.54, 1.807) is 12.1 Å². The summed E-state index contributed by atoms with van der Waals surface area (Å²) in [6, 6.07) is 7.61. The van der Waals surface area contributed by atoms with Crippen LogP contribution in [-0.4, -0.2) is 55.3 Å². The molecule has 1 fully saturated rings. The summed E-state index contributed by atoms with van der Waals surface area (Å²) >= 11 is 0.595. The standard InChI is InChI=1S/C20H23F3N2O4S/c1-13(9-14-3-5-15(6-4-14)29-11-18(26)27-2)25-7-8-28-17(10-25)16-12-30-19(24-16)20(21,22)23/h3-6,12-13,17H,7-11H2,1-2H3. The highest BCUT2D eigenvalue weighted by atomic mass is 32.1. The molecule has 0 bridgehead atoms. The Hall–Kier alpha value is -2.17. The summed E-state index contributed by atoms with van der Waals surface area (Å²) in [5.74, 6) is 0.129. The number of ether oxygens (including phenoxy) is 3. The average molecular weight is 444 g/mol. The molecule has 164 valence electrons. The van der Waals surface area contributed by atoms with Crippen LogP contribution in [0.5, 0.6) is 5.75 Å². The van der Waals surface area contributed by atoms with Crippen molar-refractivity contribution in [2.75, 3.05) is 33.4 Å². The van der Waals surface area contributed by atoms with Crippen LogP contribution in [-0.2, 0) is 26.9 Å². The van der Waals surface area contributed by atoms with Gasteiger partial charge in [-0.3, -0.25) is 4.90 Å². The molecule has 0 spiro atoms. The van der Waals surface area contributed by atoms with E-state index < -0.39 is 23.3 Å². The van der Waals surface area contributed by atoms with Gasteiger partial charge in [0, 0.05) is 24.5 Å². The van der Waals surface area contributed by atoms with Crippen LogP contribution in [0.15, 0.2) is 29.6 Å². The van der Waals surface area contributed by atoms with Crippen LogP contribution in [0.4, 0.5) is 13.2 Å². The summed E-state index contributed by atoms with van der Waals surface area (Å²) in [5, 5.41) is 0.579. The number of morpholine rings is 1. The van der Waals surface area contributed by atoms with E-state index in [4.69, 9.17) is 9.47 Å². The van der Waals surface area contributed by atoms with Gasteiger partial charge in [-0.2, -0.15) is 13.2 Å². The highest BCUT2D eigenvalue weighted by molar-refractivity contribution is 7.09. The molecule has 30 heavy (non-hydrogen) atoms. The molecule has 2 aromatic rings. The molecular weight excluding hydrogens is 421 g/mol. The molecule has 1 aromatic heterocycles. The van der Waals surface area contributed by atoms with Gasteiger partial charge < -0.3 is 14.2 Å². The SMILES string of the molecule is COC(=O)COc1ccc(CC(C)N2CCOC(c3csc(C(F)(F)F)n3)C2)cc1. The largest absolute Gasteiger partial charge is 0.482 e. The zero-order valence-electron chi connectivity index (χ0n) is 16.6. The maximum atomic E-state index is 12.8. The molecule has 0 N–H and O–H groups in total. The first-order chi connectivity index (χ1) is 14.3. The van der Waals surface area contributed by atoms with Crippen molar-refractivity contribution in [2.24, 2.45) is 0 Å². The molecule has 0 radical (unpaired) electrons. The Labute approximate surface area is 176 Å². The van der Waals surface area contributed by atoms with Gasteiger partial charge in [0.2, 0.25) is 0 Å². The fraction of sp³-hybridized carbons (Fsp3) is 0.500. The lowest BCUT2D eigenvalue weighted by atomic mass is 10.0. The normalized spacial score (nSPS) is 18.8. The van der Waals surface area contributed by atoms with E-state index in [1.807, 2.05) is 12.1 Å². The molecule has 0 saturated carbocycles. The Kier molecular flexibility index (Phi) is 7.32. The Morgan fingerprint density at radius 3 is 2.73 bits per heavy atom. The van der Waals surface area contributed by atoms with Gasteiger partial charge in [0.15, 0.2) is 11.6 Å². The Bertz CT molecular complexity index is 841. The third kappa shape index (κ3) is 5.93. The maximum absolute atomic E-state index is 12.8. The number of aromatic nitrogens is 1. The number of esters is 1. The lowest BCUT2D eigenvalue weighted by Crippen LogP contribution is -2.44. The summed E-state index contributed by atoms with van der Waals surface area (Å²) in [5.41, 5.74) is 1.42. The lowest BCUT2D eigenvalue weighted by molar-refractivity contribution is -0.143. The third-order valence-electron chi connectivity index (χ3n) is 4.85. The fourth-order valence-electron chi connectivity index (χ4n) is 3.21. The number of benzene rings is 1. The second-order valence-corrected chi connectivity index (χ2v) is 7.85. The summed E-state index contributed by atoms with van der Waals surface area (Å²) < 4.78 is 54.0. The summed E-state index contributed by atoms with van der Waals surface area (Å²) in [6.45, 7) is 3.56. The van der Waals surface area contributed by atoms with Crippen LogP contribution >= 0.6 is 11.3 Å². The van der Waals surface area contributed by atoms with Crippen LogP contribution in [0.2, 0.25) is 0 Å². The molecule has 2 unspecified atom stereocenters. The van der Waals surface area contributed by atoms with Crippen molar-refractivity contribution in [1.82, 2.24) is 9.88 Å². The van der Waals surface area contributed by atoms with Gasteiger partial charge in [0.25, 0.3) is 0 Å². The van der Waals surface area contributed by atoms with E-state index in [1.165, 1.54) is 12.5 Å². The third-order valence-corrected chi connectivity index (χ3v) is 5.76. The van der Waals surface area contributed by atoms with Crippen molar-refractivity contribution >= 4 is 17.3 Å². The predicted molar refractivity (Wildman–Crippen MR) is 105 cm³/mol. The molecule has 6 nitrogen and oxygen atoms in total. The quantitative estimate of drug-likeness (QED) is 0.607. The topological polar surface area (TPSA) is 60.9 Å². The van der Waals surface area contributed by atoms with E-state index in [0.29, 0.717) is 42.5 Å². The van der Waals surface area contributed by atoms with Crippen LogP contribution < -0.4 is 4.74 Å². The molecule has 0 amide bonds. The molecular formula is C20H23F3N2O4S. The number of thiazole rings is 1. The second-order valence-electron chi connectivity index (χ2n) is 6.99.